The summed E-state index contributed by atoms with van der Waals surface area (Å²) in [6, 6.07) is 7.66. The van der Waals surface area contributed by atoms with Crippen molar-refractivity contribution in [2.75, 3.05) is 24.3 Å². The Labute approximate surface area is 122 Å². The zero-order valence-corrected chi connectivity index (χ0v) is 12.8. The molecule has 1 amide bonds. The van der Waals surface area contributed by atoms with E-state index in [2.05, 4.69) is 17.9 Å². The number of aryl methyl sites for hydroxylation is 1. The fourth-order valence-electron chi connectivity index (χ4n) is 1.81. The van der Waals surface area contributed by atoms with Crippen LogP contribution in [0.25, 0.3) is 0 Å². The van der Waals surface area contributed by atoms with E-state index in [0.29, 0.717) is 4.88 Å². The van der Waals surface area contributed by atoms with Crippen molar-refractivity contribution in [3.05, 3.63) is 40.1 Å². The molecule has 0 bridgehead atoms. The summed E-state index contributed by atoms with van der Waals surface area (Å²) in [6.45, 7) is 2.05. The van der Waals surface area contributed by atoms with Crippen LogP contribution in [0.3, 0.4) is 0 Å². The van der Waals surface area contributed by atoms with Gasteiger partial charge >= 0.3 is 0 Å². The van der Waals surface area contributed by atoms with Gasteiger partial charge in [-0.15, -0.1) is 24.0 Å². The Morgan fingerprint density at radius 1 is 1.32 bits per heavy atom. The molecule has 2 rings (SSSR count). The van der Waals surface area contributed by atoms with E-state index in [1.165, 1.54) is 16.9 Å². The molecule has 5 heteroatoms. The number of amides is 1. The summed E-state index contributed by atoms with van der Waals surface area (Å²) in [6.07, 6.45) is 0. The van der Waals surface area contributed by atoms with Crippen molar-refractivity contribution in [1.82, 2.24) is 0 Å². The third-order valence-electron chi connectivity index (χ3n) is 2.76. The Kier molecular flexibility index (Phi) is 4.17. The lowest BCUT2D eigenvalue weighted by atomic mass is 10.1. The molecule has 1 aromatic heterocycles. The van der Waals surface area contributed by atoms with Gasteiger partial charge in [0.25, 0.3) is 5.91 Å². The number of thiophene rings is 1. The number of nitrogens with one attached hydrogen (secondary N) is 1. The van der Waals surface area contributed by atoms with Crippen LogP contribution in [-0.2, 0) is 0 Å². The van der Waals surface area contributed by atoms with Crippen molar-refractivity contribution in [2.24, 2.45) is 0 Å². The van der Waals surface area contributed by atoms with Gasteiger partial charge in [0, 0.05) is 35.7 Å². The van der Waals surface area contributed by atoms with E-state index >= 15 is 0 Å². The van der Waals surface area contributed by atoms with Crippen molar-refractivity contribution >= 4 is 41.2 Å². The molecule has 19 heavy (non-hydrogen) atoms. The number of carbonyl (C=O) groups excluding carboxylic acids is 1. The molecule has 0 saturated heterocycles. The van der Waals surface area contributed by atoms with Crippen LogP contribution in [0.5, 0.6) is 0 Å². The predicted molar refractivity (Wildman–Crippen MR) is 85.0 cm³/mol. The second-order valence-electron chi connectivity index (χ2n) is 4.52. The molecule has 2 aromatic rings. The molecule has 0 radical (unpaired) electrons. The molecule has 0 fully saturated rings. The molecule has 1 aromatic carbocycles. The van der Waals surface area contributed by atoms with Gasteiger partial charge in [0.15, 0.2) is 0 Å². The fraction of sp³-hybridized carbons (Fsp3) is 0.214. The first kappa shape index (κ1) is 14.0. The van der Waals surface area contributed by atoms with Gasteiger partial charge in [-0.2, -0.15) is 0 Å². The fourth-order valence-corrected chi connectivity index (χ4v) is 2.85. The van der Waals surface area contributed by atoms with Gasteiger partial charge in [0.2, 0.25) is 0 Å². The zero-order chi connectivity index (χ0) is 14.0. The number of thiol groups is 1. The SMILES string of the molecule is Cc1ccc(NC(=O)c2cc(S)cs2)cc1N(C)C. The van der Waals surface area contributed by atoms with Gasteiger partial charge in [-0.25, -0.2) is 0 Å². The number of rotatable bonds is 3. The summed E-state index contributed by atoms with van der Waals surface area (Å²) < 4.78 is 0. The van der Waals surface area contributed by atoms with Gasteiger partial charge in [-0.3, -0.25) is 4.79 Å². The Bertz CT molecular complexity index is 605. The number of carbonyl (C=O) groups is 1. The molecule has 0 saturated carbocycles. The number of hydrogen-bond donors (Lipinski definition) is 2. The summed E-state index contributed by atoms with van der Waals surface area (Å²) in [7, 11) is 3.97. The van der Waals surface area contributed by atoms with E-state index in [-0.39, 0.29) is 5.91 Å². The number of hydrogen-bond acceptors (Lipinski definition) is 4. The minimum Gasteiger partial charge on any atom is -0.377 e. The van der Waals surface area contributed by atoms with Crippen LogP contribution in [0.15, 0.2) is 34.5 Å². The monoisotopic (exact) mass is 292 g/mol. The van der Waals surface area contributed by atoms with Gasteiger partial charge in [-0.05, 0) is 30.7 Å². The first-order valence-electron chi connectivity index (χ1n) is 5.84. The van der Waals surface area contributed by atoms with Crippen molar-refractivity contribution in [1.29, 1.82) is 0 Å². The minimum absolute atomic E-state index is 0.0983. The van der Waals surface area contributed by atoms with Crippen molar-refractivity contribution in [3.63, 3.8) is 0 Å². The van der Waals surface area contributed by atoms with E-state index in [0.717, 1.165) is 16.3 Å². The molecule has 3 nitrogen and oxygen atoms in total. The standard InChI is InChI=1S/C14H16N2OS2/c1-9-4-5-10(6-12(9)16(2)3)15-14(17)13-7-11(18)8-19-13/h4-8,18H,1-3H3,(H,15,17). The number of anilines is 2. The highest BCUT2D eigenvalue weighted by Gasteiger charge is 2.10. The lowest BCUT2D eigenvalue weighted by Gasteiger charge is -2.17. The van der Waals surface area contributed by atoms with Gasteiger partial charge in [0.05, 0.1) is 4.88 Å². The molecule has 1 heterocycles. The largest absolute Gasteiger partial charge is 0.377 e. The topological polar surface area (TPSA) is 32.3 Å². The normalized spacial score (nSPS) is 10.3. The van der Waals surface area contributed by atoms with Crippen LogP contribution in [0, 0.1) is 6.92 Å². The Morgan fingerprint density at radius 3 is 2.63 bits per heavy atom. The Hall–Kier alpha value is -1.46. The molecule has 0 unspecified atom stereocenters. The van der Waals surface area contributed by atoms with E-state index in [1.807, 2.05) is 49.5 Å². The van der Waals surface area contributed by atoms with Crippen LogP contribution in [-0.4, -0.2) is 20.0 Å². The molecule has 100 valence electrons. The van der Waals surface area contributed by atoms with Gasteiger partial charge in [-0.1, -0.05) is 6.07 Å². The zero-order valence-electron chi connectivity index (χ0n) is 11.1. The van der Waals surface area contributed by atoms with E-state index in [4.69, 9.17) is 0 Å². The smallest absolute Gasteiger partial charge is 0.265 e. The molecular formula is C14H16N2OS2. The van der Waals surface area contributed by atoms with Crippen LogP contribution >= 0.6 is 24.0 Å². The first-order valence-corrected chi connectivity index (χ1v) is 7.17. The van der Waals surface area contributed by atoms with Crippen molar-refractivity contribution < 1.29 is 4.79 Å². The Balaban J connectivity index is 2.20. The average molecular weight is 292 g/mol. The number of nitrogens with zero attached hydrogens (tertiary/aromatic N) is 1. The van der Waals surface area contributed by atoms with Crippen LogP contribution in [0.2, 0.25) is 0 Å². The predicted octanol–water partition coefficient (Wildman–Crippen LogP) is 3.66. The van der Waals surface area contributed by atoms with Gasteiger partial charge < -0.3 is 10.2 Å². The molecular weight excluding hydrogens is 276 g/mol. The lowest BCUT2D eigenvalue weighted by molar-refractivity contribution is 0.103. The highest BCUT2D eigenvalue weighted by molar-refractivity contribution is 7.80. The van der Waals surface area contributed by atoms with Crippen molar-refractivity contribution in [3.8, 4) is 0 Å². The summed E-state index contributed by atoms with van der Waals surface area (Å²) >= 11 is 5.60. The van der Waals surface area contributed by atoms with Crippen molar-refractivity contribution in [2.45, 2.75) is 11.8 Å². The molecule has 0 aliphatic carbocycles. The van der Waals surface area contributed by atoms with Gasteiger partial charge in [0.1, 0.15) is 0 Å². The maximum atomic E-state index is 12.0. The molecule has 0 aliphatic rings. The molecule has 0 spiro atoms. The summed E-state index contributed by atoms with van der Waals surface area (Å²) in [4.78, 5) is 15.6. The number of benzene rings is 1. The molecule has 0 aliphatic heterocycles. The first-order chi connectivity index (χ1) is 8.97. The second kappa shape index (κ2) is 5.67. The second-order valence-corrected chi connectivity index (χ2v) is 5.95. The quantitative estimate of drug-likeness (QED) is 0.846. The maximum Gasteiger partial charge on any atom is 0.265 e. The summed E-state index contributed by atoms with van der Waals surface area (Å²) in [5.74, 6) is -0.0983. The van der Waals surface area contributed by atoms with E-state index < -0.39 is 0 Å². The third kappa shape index (κ3) is 3.30. The highest BCUT2D eigenvalue weighted by atomic mass is 32.1. The Morgan fingerprint density at radius 2 is 2.05 bits per heavy atom. The average Bonchev–Trinajstić information content (AvgIpc) is 2.78. The van der Waals surface area contributed by atoms with Crippen LogP contribution in [0.1, 0.15) is 15.2 Å². The molecule has 1 N–H and O–H groups in total. The summed E-state index contributed by atoms with van der Waals surface area (Å²) in [5, 5.41) is 4.75. The molecule has 0 atom stereocenters. The minimum atomic E-state index is -0.0983. The maximum absolute atomic E-state index is 12.0. The summed E-state index contributed by atoms with van der Waals surface area (Å²) in [5.41, 5.74) is 3.07. The lowest BCUT2D eigenvalue weighted by Crippen LogP contribution is -2.13. The third-order valence-corrected chi connectivity index (χ3v) is 4.12. The van der Waals surface area contributed by atoms with Crippen LogP contribution < -0.4 is 10.2 Å². The van der Waals surface area contributed by atoms with E-state index in [9.17, 15) is 4.79 Å². The van der Waals surface area contributed by atoms with E-state index in [1.54, 1.807) is 6.07 Å². The van der Waals surface area contributed by atoms with Crippen LogP contribution in [0.4, 0.5) is 11.4 Å². The highest BCUT2D eigenvalue weighted by Crippen LogP contribution is 2.24.